The Morgan fingerprint density at radius 2 is 1.71 bits per heavy atom. The Morgan fingerprint density at radius 3 is 2.37 bits per heavy atom. The maximum Gasteiger partial charge on any atom is 0.259 e. The lowest BCUT2D eigenvalue weighted by Gasteiger charge is -2.39. The van der Waals surface area contributed by atoms with Crippen LogP contribution in [-0.4, -0.2) is 46.5 Å². The molecule has 5 rings (SSSR count). The molecule has 1 saturated heterocycles. The van der Waals surface area contributed by atoms with Crippen LogP contribution in [0.2, 0.25) is 0 Å². The molecular weight excluding hydrogens is 438 g/mol. The predicted molar refractivity (Wildman–Crippen MR) is 138 cm³/mol. The van der Waals surface area contributed by atoms with Crippen molar-refractivity contribution in [2.75, 3.05) is 25.5 Å². The minimum atomic E-state index is -0.201. The van der Waals surface area contributed by atoms with Gasteiger partial charge in [-0.05, 0) is 44.2 Å². The molecule has 1 N–H and O–H groups in total. The van der Waals surface area contributed by atoms with E-state index in [-0.39, 0.29) is 23.4 Å². The van der Waals surface area contributed by atoms with Crippen LogP contribution in [0, 0.1) is 5.92 Å². The van der Waals surface area contributed by atoms with Crippen molar-refractivity contribution < 1.29 is 9.63 Å². The van der Waals surface area contributed by atoms with Crippen LogP contribution in [0.1, 0.15) is 60.6 Å². The fourth-order valence-corrected chi connectivity index (χ4v) is 5.39. The summed E-state index contributed by atoms with van der Waals surface area (Å²) in [6.45, 7) is 5.71. The third-order valence-electron chi connectivity index (χ3n) is 7.22. The molecule has 2 aliphatic heterocycles. The monoisotopic (exact) mass is 471 g/mol. The summed E-state index contributed by atoms with van der Waals surface area (Å²) in [6, 6.07) is 20.7. The molecule has 2 aliphatic rings. The third-order valence-corrected chi connectivity index (χ3v) is 7.22. The number of hydrogen-bond acceptors (Lipinski definition) is 5. The Bertz CT molecular complexity index is 1190. The van der Waals surface area contributed by atoms with Crippen molar-refractivity contribution in [1.29, 1.82) is 0 Å². The molecule has 0 spiro atoms. The Hall–Kier alpha value is -3.61. The van der Waals surface area contributed by atoms with Gasteiger partial charge in [0.2, 0.25) is 0 Å². The molecule has 1 amide bonds. The highest BCUT2D eigenvalue weighted by Crippen LogP contribution is 2.40. The van der Waals surface area contributed by atoms with Crippen molar-refractivity contribution in [3.8, 4) is 0 Å². The summed E-state index contributed by atoms with van der Waals surface area (Å²) < 4.78 is 1.98. The van der Waals surface area contributed by atoms with Crippen molar-refractivity contribution in [2.45, 2.75) is 44.7 Å². The van der Waals surface area contributed by atoms with Crippen molar-refractivity contribution in [2.24, 2.45) is 11.1 Å². The number of anilines is 1. The average Bonchev–Trinajstić information content (AvgIpc) is 3.33. The molecule has 3 heterocycles. The Balaban J connectivity index is 1.33. The molecule has 7 nitrogen and oxygen atoms in total. The fourth-order valence-electron chi connectivity index (χ4n) is 5.39. The van der Waals surface area contributed by atoms with Gasteiger partial charge in [-0.2, -0.15) is 5.10 Å². The second-order valence-electron chi connectivity index (χ2n) is 10.0. The van der Waals surface area contributed by atoms with Crippen LogP contribution in [0.15, 0.2) is 72.0 Å². The lowest BCUT2D eigenvalue weighted by molar-refractivity contribution is 0.0709. The van der Waals surface area contributed by atoms with Gasteiger partial charge in [-0.15, -0.1) is 0 Å². The van der Waals surface area contributed by atoms with E-state index in [0.717, 1.165) is 36.4 Å². The molecule has 1 atom stereocenters. The highest BCUT2D eigenvalue weighted by molar-refractivity contribution is 6.02. The Labute approximate surface area is 206 Å². The molecular formula is C28H33N5O2. The zero-order valence-electron chi connectivity index (χ0n) is 20.6. The molecule has 182 valence electrons. The predicted octanol–water partition coefficient (Wildman–Crippen LogP) is 5.08. The topological polar surface area (TPSA) is 71.8 Å². The number of likely N-dealkylation sites (tertiary alicyclic amines) is 1. The van der Waals surface area contributed by atoms with Gasteiger partial charge in [0.25, 0.3) is 5.91 Å². The summed E-state index contributed by atoms with van der Waals surface area (Å²) in [4.78, 5) is 20.7. The number of nitrogens with one attached hydrogen (secondary N) is 1. The SMILES string of the molecule is CO/N=C(/c1ccccc1)C1CCN(C(=O)c2cnn3c2NC(c2ccccc2)CC3(C)C)CC1. The van der Waals surface area contributed by atoms with Crippen molar-refractivity contribution in [3.63, 3.8) is 0 Å². The zero-order valence-corrected chi connectivity index (χ0v) is 20.6. The maximum atomic E-state index is 13.6. The van der Waals surface area contributed by atoms with Gasteiger partial charge < -0.3 is 15.1 Å². The maximum absolute atomic E-state index is 13.6. The standard InChI is InChI=1S/C28H33N5O2/c1-28(2)18-24(20-10-6-4-7-11-20)30-26-23(19-29-33(26)28)27(34)32-16-14-22(15-17-32)25(31-35-3)21-12-8-5-9-13-21/h4-13,19,22,24,30H,14-18H2,1-3H3/b31-25-. The van der Waals surface area contributed by atoms with E-state index in [4.69, 9.17) is 4.84 Å². The average molecular weight is 472 g/mol. The number of rotatable bonds is 5. The first-order valence-corrected chi connectivity index (χ1v) is 12.3. The number of benzene rings is 2. The number of carbonyl (C=O) groups excluding carboxylic acids is 1. The number of aromatic nitrogens is 2. The quantitative estimate of drug-likeness (QED) is 0.416. The van der Waals surface area contributed by atoms with Crippen LogP contribution in [0.3, 0.4) is 0 Å². The number of carbonyl (C=O) groups is 1. The summed E-state index contributed by atoms with van der Waals surface area (Å²) in [5, 5.41) is 12.6. The molecule has 1 unspecified atom stereocenters. The van der Waals surface area contributed by atoms with Gasteiger partial charge in [0, 0.05) is 19.0 Å². The number of amides is 1. The van der Waals surface area contributed by atoms with E-state index in [0.29, 0.717) is 18.7 Å². The smallest absolute Gasteiger partial charge is 0.259 e. The number of nitrogens with zero attached hydrogens (tertiary/aromatic N) is 4. The van der Waals surface area contributed by atoms with Gasteiger partial charge >= 0.3 is 0 Å². The van der Waals surface area contributed by atoms with Gasteiger partial charge in [-0.3, -0.25) is 4.79 Å². The van der Waals surface area contributed by atoms with Crippen LogP contribution < -0.4 is 5.32 Å². The molecule has 0 radical (unpaired) electrons. The van der Waals surface area contributed by atoms with Crippen molar-refractivity contribution >= 4 is 17.4 Å². The second kappa shape index (κ2) is 9.56. The highest BCUT2D eigenvalue weighted by atomic mass is 16.6. The molecule has 0 bridgehead atoms. The van der Waals surface area contributed by atoms with Crippen LogP contribution >= 0.6 is 0 Å². The number of oxime groups is 1. The van der Waals surface area contributed by atoms with Gasteiger partial charge in [-0.1, -0.05) is 65.8 Å². The van der Waals surface area contributed by atoms with E-state index in [2.05, 4.69) is 65.8 Å². The summed E-state index contributed by atoms with van der Waals surface area (Å²) >= 11 is 0. The van der Waals surface area contributed by atoms with E-state index in [1.54, 1.807) is 13.3 Å². The number of piperidine rings is 1. The van der Waals surface area contributed by atoms with Crippen LogP contribution in [0.5, 0.6) is 0 Å². The summed E-state index contributed by atoms with van der Waals surface area (Å²) in [5.74, 6) is 1.10. The van der Waals surface area contributed by atoms with E-state index in [9.17, 15) is 4.79 Å². The van der Waals surface area contributed by atoms with Crippen molar-refractivity contribution in [3.05, 3.63) is 83.6 Å². The number of hydrogen-bond donors (Lipinski definition) is 1. The van der Waals surface area contributed by atoms with Gasteiger partial charge in [0.1, 0.15) is 18.5 Å². The molecule has 7 heteroatoms. The number of fused-ring (bicyclic) bond motifs is 1. The largest absolute Gasteiger partial charge is 0.399 e. The van der Waals surface area contributed by atoms with Crippen molar-refractivity contribution in [1.82, 2.24) is 14.7 Å². The van der Waals surface area contributed by atoms with E-state index in [1.807, 2.05) is 33.8 Å². The lowest BCUT2D eigenvalue weighted by atomic mass is 9.87. The van der Waals surface area contributed by atoms with Gasteiger partial charge in [0.15, 0.2) is 0 Å². The normalized spacial score (nSPS) is 20.1. The summed E-state index contributed by atoms with van der Waals surface area (Å²) in [5.41, 5.74) is 3.69. The lowest BCUT2D eigenvalue weighted by Crippen LogP contribution is -2.42. The fraction of sp³-hybridized carbons (Fsp3) is 0.393. The van der Waals surface area contributed by atoms with Crippen LogP contribution in [-0.2, 0) is 10.4 Å². The highest BCUT2D eigenvalue weighted by Gasteiger charge is 2.38. The first-order chi connectivity index (χ1) is 17.0. The molecule has 1 aromatic heterocycles. The van der Waals surface area contributed by atoms with Crippen LogP contribution in [0.25, 0.3) is 0 Å². The first-order valence-electron chi connectivity index (χ1n) is 12.3. The molecule has 0 saturated carbocycles. The third kappa shape index (κ3) is 4.55. The van der Waals surface area contributed by atoms with E-state index in [1.165, 1.54) is 5.56 Å². The zero-order chi connectivity index (χ0) is 24.4. The van der Waals surface area contributed by atoms with E-state index < -0.39 is 0 Å². The van der Waals surface area contributed by atoms with Crippen LogP contribution in [0.4, 0.5) is 5.82 Å². The summed E-state index contributed by atoms with van der Waals surface area (Å²) in [7, 11) is 1.59. The molecule has 2 aromatic carbocycles. The Morgan fingerprint density at radius 1 is 1.06 bits per heavy atom. The minimum absolute atomic E-state index is 0.0339. The first kappa shape index (κ1) is 23.1. The van der Waals surface area contributed by atoms with Gasteiger partial charge in [-0.25, -0.2) is 4.68 Å². The Kier molecular flexibility index (Phi) is 6.32. The minimum Gasteiger partial charge on any atom is -0.399 e. The second-order valence-corrected chi connectivity index (χ2v) is 10.0. The van der Waals surface area contributed by atoms with Gasteiger partial charge in [0.05, 0.1) is 23.5 Å². The molecule has 35 heavy (non-hydrogen) atoms. The van der Waals surface area contributed by atoms with E-state index >= 15 is 0 Å². The summed E-state index contributed by atoms with van der Waals surface area (Å²) in [6.07, 6.45) is 4.31. The molecule has 1 fully saturated rings. The molecule has 3 aromatic rings. The molecule has 0 aliphatic carbocycles.